The van der Waals surface area contributed by atoms with Gasteiger partial charge in [-0.25, -0.2) is 0 Å². The van der Waals surface area contributed by atoms with Crippen LogP contribution in [0.5, 0.6) is 0 Å². The first-order valence-electron chi connectivity index (χ1n) is 8.59. The van der Waals surface area contributed by atoms with Crippen LogP contribution >= 0.6 is 0 Å². The number of hydrogen-bond acceptors (Lipinski definition) is 1. The maximum absolute atomic E-state index is 10.3. The maximum Gasteiger partial charge on any atom is 0.303 e. The molecule has 0 amide bonds. The predicted octanol–water partition coefficient (Wildman–Crippen LogP) is 6.22. The highest BCUT2D eigenvalue weighted by molar-refractivity contribution is 5.66. The highest BCUT2D eigenvalue weighted by atomic mass is 16.4. The molecular formula is C20H32O2. The molecule has 0 aromatic heterocycles. The second kappa shape index (κ2) is 17.5. The Labute approximate surface area is 136 Å². The van der Waals surface area contributed by atoms with Crippen LogP contribution in [0.15, 0.2) is 48.6 Å². The van der Waals surface area contributed by atoms with E-state index in [9.17, 15) is 4.79 Å². The van der Waals surface area contributed by atoms with Crippen LogP contribution in [0.3, 0.4) is 0 Å². The van der Waals surface area contributed by atoms with Gasteiger partial charge in [0.15, 0.2) is 0 Å². The van der Waals surface area contributed by atoms with Gasteiger partial charge in [0.1, 0.15) is 0 Å². The Bertz CT molecular complexity index is 362. The van der Waals surface area contributed by atoms with Crippen LogP contribution in [0, 0.1) is 0 Å². The second-order valence-electron chi connectivity index (χ2n) is 5.37. The van der Waals surface area contributed by atoms with E-state index in [-0.39, 0.29) is 6.42 Å². The van der Waals surface area contributed by atoms with E-state index in [2.05, 4.69) is 55.5 Å². The monoisotopic (exact) mass is 304 g/mol. The molecule has 2 heteroatoms. The van der Waals surface area contributed by atoms with Gasteiger partial charge in [-0.2, -0.15) is 0 Å². The molecule has 0 aromatic rings. The summed E-state index contributed by atoms with van der Waals surface area (Å²) in [6.45, 7) is 2.23. The zero-order valence-corrected chi connectivity index (χ0v) is 14.0. The van der Waals surface area contributed by atoms with Crippen molar-refractivity contribution in [2.24, 2.45) is 0 Å². The summed E-state index contributed by atoms with van der Waals surface area (Å²) in [4.78, 5) is 10.3. The molecular weight excluding hydrogens is 272 g/mol. The molecule has 0 saturated carbocycles. The number of carbonyl (C=O) groups is 1. The quantitative estimate of drug-likeness (QED) is 0.305. The molecule has 124 valence electrons. The number of carboxylic acids is 1. The lowest BCUT2D eigenvalue weighted by Gasteiger charge is -1.90. The molecule has 0 spiro atoms. The largest absolute Gasteiger partial charge is 0.481 e. The standard InChI is InChI=1S/C20H32O2/c1-2-3-4-5-6-7-8-9-10-11-12-13-14-15-16-17-18-19-20(21)22/h6-7,9-10,12-13,15-16H,2-5,8,11,14,17-19H2,1H3,(H,21,22)/b7-6-,10-9+,13-12+,16-15-. The molecule has 0 radical (unpaired) electrons. The number of rotatable bonds is 14. The number of carboxylic acid groups (broad SMARTS) is 1. The van der Waals surface area contributed by atoms with E-state index < -0.39 is 5.97 Å². The first kappa shape index (κ1) is 20.4. The van der Waals surface area contributed by atoms with Gasteiger partial charge in [0, 0.05) is 6.42 Å². The van der Waals surface area contributed by atoms with Crippen molar-refractivity contribution in [2.45, 2.75) is 71.1 Å². The van der Waals surface area contributed by atoms with E-state index in [1.807, 2.05) is 0 Å². The molecule has 0 heterocycles. The molecule has 0 rings (SSSR count). The molecule has 1 N–H and O–H groups in total. The Morgan fingerprint density at radius 1 is 0.727 bits per heavy atom. The number of allylic oxidation sites excluding steroid dienone is 8. The zero-order valence-electron chi connectivity index (χ0n) is 14.0. The Balaban J connectivity index is 3.40. The van der Waals surface area contributed by atoms with Crippen LogP contribution in [0.2, 0.25) is 0 Å². The van der Waals surface area contributed by atoms with Crippen LogP contribution in [0.1, 0.15) is 71.1 Å². The van der Waals surface area contributed by atoms with E-state index in [4.69, 9.17) is 5.11 Å². The molecule has 0 unspecified atom stereocenters. The van der Waals surface area contributed by atoms with Crippen molar-refractivity contribution in [3.8, 4) is 0 Å². The molecule has 0 aliphatic carbocycles. The van der Waals surface area contributed by atoms with Crippen molar-refractivity contribution in [2.75, 3.05) is 0 Å². The minimum Gasteiger partial charge on any atom is -0.481 e. The molecule has 0 fully saturated rings. The van der Waals surface area contributed by atoms with Gasteiger partial charge in [-0.3, -0.25) is 4.79 Å². The van der Waals surface area contributed by atoms with Gasteiger partial charge >= 0.3 is 5.97 Å². The van der Waals surface area contributed by atoms with Crippen molar-refractivity contribution in [1.29, 1.82) is 0 Å². The van der Waals surface area contributed by atoms with Crippen molar-refractivity contribution in [3.05, 3.63) is 48.6 Å². The summed E-state index contributed by atoms with van der Waals surface area (Å²) < 4.78 is 0. The lowest BCUT2D eigenvalue weighted by molar-refractivity contribution is -0.137. The molecule has 0 bridgehead atoms. The van der Waals surface area contributed by atoms with Gasteiger partial charge in [0.2, 0.25) is 0 Å². The van der Waals surface area contributed by atoms with Crippen LogP contribution < -0.4 is 0 Å². The fourth-order valence-electron chi connectivity index (χ4n) is 1.93. The van der Waals surface area contributed by atoms with Crippen molar-refractivity contribution >= 4 is 5.97 Å². The van der Waals surface area contributed by atoms with Crippen LogP contribution in [-0.2, 0) is 4.79 Å². The minimum atomic E-state index is -0.712. The smallest absolute Gasteiger partial charge is 0.303 e. The summed E-state index contributed by atoms with van der Waals surface area (Å²) in [5.74, 6) is -0.712. The van der Waals surface area contributed by atoms with Gasteiger partial charge in [-0.15, -0.1) is 0 Å². The second-order valence-corrected chi connectivity index (χ2v) is 5.37. The number of unbranched alkanes of at least 4 members (excludes halogenated alkanes) is 4. The van der Waals surface area contributed by atoms with Gasteiger partial charge in [0.05, 0.1) is 0 Å². The van der Waals surface area contributed by atoms with E-state index in [1.54, 1.807) is 0 Å². The van der Waals surface area contributed by atoms with E-state index in [0.717, 1.165) is 32.1 Å². The first-order valence-corrected chi connectivity index (χ1v) is 8.59. The summed E-state index contributed by atoms with van der Waals surface area (Å²) in [6.07, 6.45) is 27.3. The Morgan fingerprint density at radius 2 is 1.18 bits per heavy atom. The lowest BCUT2D eigenvalue weighted by atomic mass is 10.2. The fourth-order valence-corrected chi connectivity index (χ4v) is 1.93. The summed E-state index contributed by atoms with van der Waals surface area (Å²) in [7, 11) is 0. The van der Waals surface area contributed by atoms with Crippen LogP contribution in [0.25, 0.3) is 0 Å². The number of aliphatic carboxylic acids is 1. The third-order valence-corrected chi connectivity index (χ3v) is 3.22. The highest BCUT2D eigenvalue weighted by Crippen LogP contribution is 2.01. The Hall–Kier alpha value is -1.57. The number of hydrogen-bond donors (Lipinski definition) is 1. The summed E-state index contributed by atoms with van der Waals surface area (Å²) in [5, 5.41) is 8.49. The predicted molar refractivity (Wildman–Crippen MR) is 96.0 cm³/mol. The third-order valence-electron chi connectivity index (χ3n) is 3.22. The highest BCUT2D eigenvalue weighted by Gasteiger charge is 1.92. The van der Waals surface area contributed by atoms with E-state index in [0.29, 0.717) is 0 Å². The van der Waals surface area contributed by atoms with E-state index >= 15 is 0 Å². The van der Waals surface area contributed by atoms with Gasteiger partial charge in [-0.05, 0) is 44.9 Å². The van der Waals surface area contributed by atoms with Crippen LogP contribution in [0.4, 0.5) is 0 Å². The lowest BCUT2D eigenvalue weighted by Crippen LogP contribution is -1.92. The molecule has 2 nitrogen and oxygen atoms in total. The molecule has 0 saturated heterocycles. The maximum atomic E-state index is 10.3. The summed E-state index contributed by atoms with van der Waals surface area (Å²) in [5.41, 5.74) is 0. The normalized spacial score (nSPS) is 12.4. The Kier molecular flexibility index (Phi) is 16.2. The van der Waals surface area contributed by atoms with Crippen LogP contribution in [-0.4, -0.2) is 11.1 Å². The van der Waals surface area contributed by atoms with Gasteiger partial charge in [0.25, 0.3) is 0 Å². The summed E-state index contributed by atoms with van der Waals surface area (Å²) >= 11 is 0. The minimum absolute atomic E-state index is 0.262. The molecule has 0 atom stereocenters. The molecule has 22 heavy (non-hydrogen) atoms. The Morgan fingerprint density at radius 3 is 1.64 bits per heavy atom. The van der Waals surface area contributed by atoms with Crippen molar-refractivity contribution in [1.82, 2.24) is 0 Å². The third kappa shape index (κ3) is 18.4. The van der Waals surface area contributed by atoms with Gasteiger partial charge in [-0.1, -0.05) is 68.4 Å². The molecule has 0 aliphatic heterocycles. The fraction of sp³-hybridized carbons (Fsp3) is 0.550. The van der Waals surface area contributed by atoms with Crippen molar-refractivity contribution < 1.29 is 9.90 Å². The summed E-state index contributed by atoms with van der Waals surface area (Å²) in [6, 6.07) is 0. The average molecular weight is 304 g/mol. The van der Waals surface area contributed by atoms with E-state index in [1.165, 1.54) is 25.7 Å². The first-order chi connectivity index (χ1) is 10.8. The zero-order chi connectivity index (χ0) is 16.3. The average Bonchev–Trinajstić information content (AvgIpc) is 2.50. The molecule has 0 aromatic carbocycles. The topological polar surface area (TPSA) is 37.3 Å². The van der Waals surface area contributed by atoms with Gasteiger partial charge < -0.3 is 5.11 Å². The SMILES string of the molecule is CCCCC/C=C\C/C=C/C/C=C/C/C=C\CCCC(=O)O. The molecule has 0 aliphatic rings. The van der Waals surface area contributed by atoms with Crippen molar-refractivity contribution in [3.63, 3.8) is 0 Å².